The summed E-state index contributed by atoms with van der Waals surface area (Å²) in [6.07, 6.45) is 8.78. The second-order valence-electron chi connectivity index (χ2n) is 5.34. The fraction of sp³-hybridized carbons (Fsp3) is 0.769. The highest BCUT2D eigenvalue weighted by molar-refractivity contribution is 5.52. The second-order valence-corrected chi connectivity index (χ2v) is 5.34. The van der Waals surface area contributed by atoms with Crippen LogP contribution in [0.25, 0.3) is 0 Å². The van der Waals surface area contributed by atoms with Crippen LogP contribution >= 0.6 is 0 Å². The first-order valence-electron chi connectivity index (χ1n) is 7.05. The van der Waals surface area contributed by atoms with E-state index in [9.17, 15) is 10.1 Å². The zero-order valence-corrected chi connectivity index (χ0v) is 11.6. The Morgan fingerprint density at radius 3 is 2.79 bits per heavy atom. The predicted molar refractivity (Wildman–Crippen MR) is 74.1 cm³/mol. The molecular weight excluding hydrogens is 244 g/mol. The molecule has 0 amide bonds. The number of rotatable bonds is 5. The van der Waals surface area contributed by atoms with Crippen molar-refractivity contribution in [2.24, 2.45) is 13.0 Å². The summed E-state index contributed by atoms with van der Waals surface area (Å²) in [6.45, 7) is 2.13. The minimum Gasteiger partial charge on any atom is -0.361 e. The van der Waals surface area contributed by atoms with Crippen LogP contribution in [0.15, 0.2) is 6.33 Å². The molecular formula is C13H22N4O2. The van der Waals surface area contributed by atoms with E-state index in [1.807, 2.05) is 0 Å². The van der Waals surface area contributed by atoms with Gasteiger partial charge in [0.05, 0.1) is 0 Å². The van der Waals surface area contributed by atoms with Gasteiger partial charge in [0.15, 0.2) is 0 Å². The first-order chi connectivity index (χ1) is 9.13. The van der Waals surface area contributed by atoms with E-state index in [1.54, 1.807) is 11.6 Å². The van der Waals surface area contributed by atoms with E-state index in [2.05, 4.69) is 17.2 Å². The maximum absolute atomic E-state index is 11.0. The Kier molecular flexibility index (Phi) is 4.39. The van der Waals surface area contributed by atoms with Gasteiger partial charge in [-0.1, -0.05) is 26.2 Å². The quantitative estimate of drug-likeness (QED) is 0.656. The Morgan fingerprint density at radius 2 is 2.21 bits per heavy atom. The van der Waals surface area contributed by atoms with E-state index in [0.717, 1.165) is 6.42 Å². The molecule has 6 heteroatoms. The molecule has 1 aromatic heterocycles. The topological polar surface area (TPSA) is 73.0 Å². The van der Waals surface area contributed by atoms with Gasteiger partial charge in [-0.15, -0.1) is 0 Å². The molecule has 0 spiro atoms. The summed E-state index contributed by atoms with van der Waals surface area (Å²) in [5.74, 6) is 1.08. The number of hydrogen-bond donors (Lipinski definition) is 1. The van der Waals surface area contributed by atoms with Crippen molar-refractivity contribution in [3.8, 4) is 0 Å². The number of hydrogen-bond acceptors (Lipinski definition) is 4. The average Bonchev–Trinajstić information content (AvgIpc) is 2.78. The molecule has 1 N–H and O–H groups in total. The Bertz CT molecular complexity index is 438. The Balaban J connectivity index is 2.13. The lowest BCUT2D eigenvalue weighted by Crippen LogP contribution is -2.31. The number of aromatic nitrogens is 2. The largest absolute Gasteiger partial charge is 0.406 e. The van der Waals surface area contributed by atoms with Crippen LogP contribution in [0.3, 0.4) is 0 Å². The molecule has 1 unspecified atom stereocenters. The Hall–Kier alpha value is -1.59. The number of aryl methyl sites for hydroxylation is 1. The van der Waals surface area contributed by atoms with Gasteiger partial charge in [-0.05, 0) is 35.1 Å². The normalized spacial score (nSPS) is 18.2. The lowest BCUT2D eigenvalue weighted by molar-refractivity contribution is -0.388. The smallest absolute Gasteiger partial charge is 0.361 e. The van der Waals surface area contributed by atoms with Gasteiger partial charge in [-0.2, -0.15) is 0 Å². The van der Waals surface area contributed by atoms with E-state index in [0.29, 0.717) is 17.8 Å². The molecule has 106 valence electrons. The molecule has 0 aromatic carbocycles. The van der Waals surface area contributed by atoms with Gasteiger partial charge >= 0.3 is 5.82 Å². The third-order valence-electron chi connectivity index (χ3n) is 4.07. The molecule has 6 nitrogen and oxygen atoms in total. The molecule has 0 bridgehead atoms. The van der Waals surface area contributed by atoms with Crippen molar-refractivity contribution in [1.29, 1.82) is 0 Å². The number of imidazole rings is 1. The molecule has 0 aliphatic heterocycles. The van der Waals surface area contributed by atoms with Gasteiger partial charge in [-0.3, -0.25) is 4.57 Å². The maximum atomic E-state index is 11.0. The summed E-state index contributed by atoms with van der Waals surface area (Å²) in [7, 11) is 1.79. The SMILES string of the molecule is CCC(Nc1c([N+](=O)[O-])ncn1C)C1CCCCC1. The van der Waals surface area contributed by atoms with E-state index >= 15 is 0 Å². The van der Waals surface area contributed by atoms with E-state index < -0.39 is 4.92 Å². The summed E-state index contributed by atoms with van der Waals surface area (Å²) in [5, 5.41) is 14.3. The molecule has 2 rings (SSSR count). The molecule has 1 fully saturated rings. The van der Waals surface area contributed by atoms with Crippen molar-refractivity contribution in [2.45, 2.75) is 51.5 Å². The molecule has 19 heavy (non-hydrogen) atoms. The summed E-state index contributed by atoms with van der Waals surface area (Å²) in [6, 6.07) is 0.300. The van der Waals surface area contributed by atoms with Crippen molar-refractivity contribution in [1.82, 2.24) is 9.55 Å². The number of nitrogens with one attached hydrogen (secondary N) is 1. The zero-order chi connectivity index (χ0) is 13.8. The van der Waals surface area contributed by atoms with Crippen LogP contribution in [-0.2, 0) is 7.05 Å². The first kappa shape index (κ1) is 13.8. The molecule has 0 radical (unpaired) electrons. The standard InChI is InChI=1S/C13H22N4O2/c1-3-11(10-7-5-4-6-8-10)15-13-12(17(18)19)14-9-16(13)2/h9-11,15H,3-8H2,1-2H3. The van der Waals surface area contributed by atoms with E-state index in [-0.39, 0.29) is 5.82 Å². The Labute approximate surface area is 113 Å². The van der Waals surface area contributed by atoms with Gasteiger partial charge in [-0.25, -0.2) is 0 Å². The lowest BCUT2D eigenvalue weighted by Gasteiger charge is -2.30. The summed E-state index contributed by atoms with van der Waals surface area (Å²) in [4.78, 5) is 14.4. The van der Waals surface area contributed by atoms with Crippen LogP contribution in [-0.4, -0.2) is 20.5 Å². The van der Waals surface area contributed by atoms with Crippen molar-refractivity contribution in [3.63, 3.8) is 0 Å². The van der Waals surface area contributed by atoms with Crippen LogP contribution in [0.2, 0.25) is 0 Å². The van der Waals surface area contributed by atoms with Crippen molar-refractivity contribution in [3.05, 3.63) is 16.4 Å². The minimum atomic E-state index is -0.421. The molecule has 1 heterocycles. The predicted octanol–water partition coefficient (Wildman–Crippen LogP) is 3.10. The van der Waals surface area contributed by atoms with Gasteiger partial charge in [0, 0.05) is 13.1 Å². The van der Waals surface area contributed by atoms with Crippen LogP contribution in [0.5, 0.6) is 0 Å². The van der Waals surface area contributed by atoms with Gasteiger partial charge in [0.2, 0.25) is 12.1 Å². The van der Waals surface area contributed by atoms with Crippen LogP contribution in [0.1, 0.15) is 45.4 Å². The Morgan fingerprint density at radius 1 is 1.53 bits per heavy atom. The highest BCUT2D eigenvalue weighted by atomic mass is 16.6. The van der Waals surface area contributed by atoms with Crippen molar-refractivity contribution >= 4 is 11.6 Å². The summed E-state index contributed by atoms with van der Waals surface area (Å²) >= 11 is 0. The number of nitrogens with zero attached hydrogens (tertiary/aromatic N) is 3. The highest BCUT2D eigenvalue weighted by Gasteiger charge is 2.27. The minimum absolute atomic E-state index is 0.0724. The van der Waals surface area contributed by atoms with Crippen LogP contribution < -0.4 is 5.32 Å². The van der Waals surface area contributed by atoms with Crippen molar-refractivity contribution in [2.75, 3.05) is 5.32 Å². The first-order valence-corrected chi connectivity index (χ1v) is 7.05. The molecule has 1 atom stereocenters. The molecule has 1 aliphatic rings. The van der Waals surface area contributed by atoms with Crippen LogP contribution in [0.4, 0.5) is 11.6 Å². The number of anilines is 1. The van der Waals surface area contributed by atoms with Crippen molar-refractivity contribution < 1.29 is 4.92 Å². The number of nitro groups is 1. The summed E-state index contributed by atoms with van der Waals surface area (Å²) < 4.78 is 1.70. The fourth-order valence-corrected chi connectivity index (χ4v) is 2.98. The zero-order valence-electron chi connectivity index (χ0n) is 11.6. The van der Waals surface area contributed by atoms with E-state index in [4.69, 9.17) is 0 Å². The maximum Gasteiger partial charge on any atom is 0.406 e. The second kappa shape index (κ2) is 6.04. The van der Waals surface area contributed by atoms with E-state index in [1.165, 1.54) is 38.4 Å². The molecule has 0 saturated heterocycles. The molecule has 1 aromatic rings. The van der Waals surface area contributed by atoms with Gasteiger partial charge in [0.25, 0.3) is 0 Å². The highest BCUT2D eigenvalue weighted by Crippen LogP contribution is 2.31. The van der Waals surface area contributed by atoms with Crippen LogP contribution in [0, 0.1) is 16.0 Å². The third kappa shape index (κ3) is 3.05. The molecule has 1 aliphatic carbocycles. The third-order valence-corrected chi connectivity index (χ3v) is 4.07. The van der Waals surface area contributed by atoms with Gasteiger partial charge in [0.1, 0.15) is 0 Å². The monoisotopic (exact) mass is 266 g/mol. The lowest BCUT2D eigenvalue weighted by atomic mass is 9.83. The summed E-state index contributed by atoms with van der Waals surface area (Å²) in [5.41, 5.74) is 0. The molecule has 1 saturated carbocycles. The van der Waals surface area contributed by atoms with Gasteiger partial charge < -0.3 is 15.4 Å². The fourth-order valence-electron chi connectivity index (χ4n) is 2.98. The average molecular weight is 266 g/mol.